The van der Waals surface area contributed by atoms with E-state index in [1.807, 2.05) is 0 Å². The van der Waals surface area contributed by atoms with Crippen molar-refractivity contribution in [1.29, 1.82) is 0 Å². The van der Waals surface area contributed by atoms with E-state index in [1.165, 1.54) is 24.3 Å². The summed E-state index contributed by atoms with van der Waals surface area (Å²) in [6.07, 6.45) is 1.43. The molecule has 1 heterocycles. The van der Waals surface area contributed by atoms with Crippen LogP contribution in [0.5, 0.6) is 11.5 Å². The molecule has 34 heavy (non-hydrogen) atoms. The molecule has 1 fully saturated rings. The molecule has 0 aromatic heterocycles. The highest BCUT2D eigenvalue weighted by Gasteiger charge is 2.29. The number of hydrogen-bond donors (Lipinski definition) is 1. The number of benzene rings is 2. The number of halogens is 1. The molecule has 1 aliphatic rings. The first-order valence-corrected chi connectivity index (χ1v) is 11.8. The summed E-state index contributed by atoms with van der Waals surface area (Å²) < 4.78 is 24.5. The Morgan fingerprint density at radius 3 is 2.53 bits per heavy atom. The van der Waals surface area contributed by atoms with Crippen molar-refractivity contribution in [1.82, 2.24) is 9.80 Å². The van der Waals surface area contributed by atoms with E-state index in [2.05, 4.69) is 24.1 Å². The van der Waals surface area contributed by atoms with Crippen LogP contribution < -0.4 is 14.8 Å². The Bertz CT molecular complexity index is 963. The van der Waals surface area contributed by atoms with Crippen LogP contribution in [0, 0.1) is 11.7 Å². The molecular formula is C26H34FN3O4. The Labute approximate surface area is 200 Å². The second kappa shape index (κ2) is 12.4. The molecule has 2 aromatic carbocycles. The first-order valence-electron chi connectivity index (χ1n) is 11.8. The molecule has 2 aromatic rings. The molecule has 1 aliphatic heterocycles. The van der Waals surface area contributed by atoms with E-state index in [0.29, 0.717) is 48.9 Å². The van der Waals surface area contributed by atoms with Crippen LogP contribution in [0.25, 0.3) is 0 Å². The van der Waals surface area contributed by atoms with Gasteiger partial charge in [-0.05, 0) is 62.3 Å². The van der Waals surface area contributed by atoms with Gasteiger partial charge in [-0.15, -0.1) is 0 Å². The molecule has 1 unspecified atom stereocenters. The summed E-state index contributed by atoms with van der Waals surface area (Å²) in [4.78, 5) is 29.7. The minimum absolute atomic E-state index is 0.143. The number of likely N-dealkylation sites (tertiary alicyclic amines) is 1. The maximum Gasteiger partial charge on any atom is 0.253 e. The van der Waals surface area contributed by atoms with Gasteiger partial charge in [0, 0.05) is 37.0 Å². The van der Waals surface area contributed by atoms with Crippen LogP contribution in [-0.2, 0) is 4.79 Å². The number of carbonyl (C=O) groups excluding carboxylic acids is 2. The van der Waals surface area contributed by atoms with Crippen molar-refractivity contribution in [3.05, 3.63) is 53.8 Å². The summed E-state index contributed by atoms with van der Waals surface area (Å²) in [6, 6.07) is 10.8. The molecule has 0 spiro atoms. The normalized spacial score (nSPS) is 15.8. The number of nitrogens with zero attached hydrogens (tertiary/aromatic N) is 2. The van der Waals surface area contributed by atoms with Crippen LogP contribution in [0.3, 0.4) is 0 Å². The third-order valence-corrected chi connectivity index (χ3v) is 6.16. The van der Waals surface area contributed by atoms with Gasteiger partial charge in [0.1, 0.15) is 12.4 Å². The fourth-order valence-electron chi connectivity index (χ4n) is 4.09. The van der Waals surface area contributed by atoms with Gasteiger partial charge in [-0.25, -0.2) is 4.39 Å². The molecule has 0 bridgehead atoms. The van der Waals surface area contributed by atoms with Crippen LogP contribution in [0.15, 0.2) is 42.5 Å². The average Bonchev–Trinajstić information content (AvgIpc) is 2.87. The third-order valence-electron chi connectivity index (χ3n) is 6.16. The molecule has 8 heteroatoms. The number of methoxy groups -OCH3 is 1. The zero-order valence-corrected chi connectivity index (χ0v) is 20.2. The van der Waals surface area contributed by atoms with Crippen LogP contribution in [0.2, 0.25) is 0 Å². The largest absolute Gasteiger partial charge is 0.493 e. The van der Waals surface area contributed by atoms with Crippen molar-refractivity contribution in [2.75, 3.05) is 51.8 Å². The second-order valence-corrected chi connectivity index (χ2v) is 8.33. The standard InChI is InChI=1S/C26H34FN3O4/c1-4-29(5-2)15-16-34-24-17-22(12-13-23(24)33-3)28-25(31)20-7-6-14-30(18-20)26(32)19-8-10-21(27)11-9-19/h8-13,17,20H,4-7,14-16,18H2,1-3H3,(H,28,31). The number of hydrogen-bond acceptors (Lipinski definition) is 5. The van der Waals surface area contributed by atoms with Crippen LogP contribution in [0.1, 0.15) is 37.0 Å². The summed E-state index contributed by atoms with van der Waals surface area (Å²) in [5, 5.41) is 2.96. The topological polar surface area (TPSA) is 71.1 Å². The Balaban J connectivity index is 1.61. The van der Waals surface area contributed by atoms with E-state index in [4.69, 9.17) is 9.47 Å². The molecule has 0 radical (unpaired) electrons. The van der Waals surface area contributed by atoms with Crippen LogP contribution in [0.4, 0.5) is 10.1 Å². The van der Waals surface area contributed by atoms with E-state index in [0.717, 1.165) is 26.1 Å². The number of piperidine rings is 1. The van der Waals surface area contributed by atoms with Gasteiger partial charge in [-0.3, -0.25) is 9.59 Å². The lowest BCUT2D eigenvalue weighted by atomic mass is 9.96. The Morgan fingerprint density at radius 1 is 1.12 bits per heavy atom. The summed E-state index contributed by atoms with van der Waals surface area (Å²) in [5.41, 5.74) is 1.04. The van der Waals surface area contributed by atoms with Gasteiger partial charge in [0.15, 0.2) is 11.5 Å². The first-order chi connectivity index (χ1) is 16.4. The van der Waals surface area contributed by atoms with E-state index in [1.54, 1.807) is 30.2 Å². The molecular weight excluding hydrogens is 437 g/mol. The lowest BCUT2D eigenvalue weighted by molar-refractivity contribution is -0.121. The number of amides is 2. The molecule has 1 atom stereocenters. The average molecular weight is 472 g/mol. The van der Waals surface area contributed by atoms with Gasteiger partial charge in [0.25, 0.3) is 5.91 Å². The van der Waals surface area contributed by atoms with E-state index in [-0.39, 0.29) is 23.5 Å². The quantitative estimate of drug-likeness (QED) is 0.566. The molecule has 2 amide bonds. The van der Waals surface area contributed by atoms with Crippen molar-refractivity contribution in [2.24, 2.45) is 5.92 Å². The fourth-order valence-corrected chi connectivity index (χ4v) is 4.09. The number of nitrogens with one attached hydrogen (secondary N) is 1. The number of ether oxygens (including phenoxy) is 2. The van der Waals surface area contributed by atoms with Gasteiger partial charge in [-0.2, -0.15) is 0 Å². The van der Waals surface area contributed by atoms with E-state index in [9.17, 15) is 14.0 Å². The van der Waals surface area contributed by atoms with Crippen molar-refractivity contribution < 1.29 is 23.5 Å². The van der Waals surface area contributed by atoms with Crippen LogP contribution >= 0.6 is 0 Å². The van der Waals surface area contributed by atoms with Crippen molar-refractivity contribution in [3.63, 3.8) is 0 Å². The van der Waals surface area contributed by atoms with Crippen LogP contribution in [-0.4, -0.2) is 68.1 Å². The SMILES string of the molecule is CCN(CC)CCOc1cc(NC(=O)C2CCCN(C(=O)c3ccc(F)cc3)C2)ccc1OC. The fraction of sp³-hybridized carbons (Fsp3) is 0.462. The third kappa shape index (κ3) is 6.70. The predicted octanol–water partition coefficient (Wildman–Crippen LogP) is 4.05. The summed E-state index contributed by atoms with van der Waals surface area (Å²) >= 11 is 0. The summed E-state index contributed by atoms with van der Waals surface area (Å²) in [7, 11) is 1.58. The first kappa shape index (κ1) is 25.5. The molecule has 7 nitrogen and oxygen atoms in total. The van der Waals surface area contributed by atoms with Gasteiger partial charge in [-0.1, -0.05) is 13.8 Å². The minimum Gasteiger partial charge on any atom is -0.493 e. The molecule has 3 rings (SSSR count). The van der Waals surface area contributed by atoms with Gasteiger partial charge in [0.2, 0.25) is 5.91 Å². The van der Waals surface area contributed by atoms with Crippen molar-refractivity contribution in [2.45, 2.75) is 26.7 Å². The Morgan fingerprint density at radius 2 is 1.85 bits per heavy atom. The Kier molecular flexibility index (Phi) is 9.27. The number of rotatable bonds is 10. The van der Waals surface area contributed by atoms with Gasteiger partial charge in [0.05, 0.1) is 13.0 Å². The molecule has 1 saturated heterocycles. The predicted molar refractivity (Wildman–Crippen MR) is 130 cm³/mol. The summed E-state index contributed by atoms with van der Waals surface area (Å²) in [5.74, 6) is 0.132. The smallest absolute Gasteiger partial charge is 0.253 e. The molecule has 0 saturated carbocycles. The molecule has 1 N–H and O–H groups in total. The molecule has 184 valence electrons. The Hall–Kier alpha value is -3.13. The number of likely N-dealkylation sites (N-methyl/N-ethyl adjacent to an activating group) is 1. The lowest BCUT2D eigenvalue weighted by Crippen LogP contribution is -2.43. The number of carbonyl (C=O) groups is 2. The summed E-state index contributed by atoms with van der Waals surface area (Å²) in [6.45, 7) is 8.34. The highest BCUT2D eigenvalue weighted by atomic mass is 19.1. The zero-order valence-electron chi connectivity index (χ0n) is 20.2. The lowest BCUT2D eigenvalue weighted by Gasteiger charge is -2.32. The van der Waals surface area contributed by atoms with Crippen molar-refractivity contribution >= 4 is 17.5 Å². The monoisotopic (exact) mass is 471 g/mol. The second-order valence-electron chi connectivity index (χ2n) is 8.33. The van der Waals surface area contributed by atoms with E-state index >= 15 is 0 Å². The van der Waals surface area contributed by atoms with Crippen molar-refractivity contribution in [3.8, 4) is 11.5 Å². The van der Waals surface area contributed by atoms with Gasteiger partial charge < -0.3 is 24.6 Å². The van der Waals surface area contributed by atoms with E-state index < -0.39 is 0 Å². The highest BCUT2D eigenvalue weighted by molar-refractivity contribution is 5.96. The maximum absolute atomic E-state index is 13.2. The maximum atomic E-state index is 13.2. The number of anilines is 1. The zero-order chi connectivity index (χ0) is 24.5. The van der Waals surface area contributed by atoms with Gasteiger partial charge >= 0.3 is 0 Å². The molecule has 0 aliphatic carbocycles. The highest BCUT2D eigenvalue weighted by Crippen LogP contribution is 2.31. The minimum atomic E-state index is -0.386.